The molecule has 2 N–H and O–H groups in total. The molecule has 0 spiro atoms. The third-order valence-electron chi connectivity index (χ3n) is 3.75. The Morgan fingerprint density at radius 1 is 0.679 bits per heavy atom. The molecule has 0 heterocycles. The SMILES string of the molecule is CCC=CCC=CCC=CCC=CCC=CCCCC(=O)NCCNC(C)=O. The molecule has 0 unspecified atom stereocenters. The van der Waals surface area contributed by atoms with E-state index in [0.717, 1.165) is 44.9 Å². The van der Waals surface area contributed by atoms with Crippen molar-refractivity contribution in [3.8, 4) is 0 Å². The maximum atomic E-state index is 11.6. The van der Waals surface area contributed by atoms with Gasteiger partial charge >= 0.3 is 0 Å². The van der Waals surface area contributed by atoms with Gasteiger partial charge in [0.2, 0.25) is 11.8 Å². The van der Waals surface area contributed by atoms with E-state index in [0.29, 0.717) is 19.5 Å². The molecular formula is C24H38N2O2. The standard InChI is InChI=1S/C24H38N2O2/c1-3-4-5-6-7-8-9-10-11-12-13-14-15-16-17-18-19-20-24(28)26-22-21-25-23(2)27/h4-5,7-8,10-11,13-14,16-17H,3,6,9,12,15,18-22H2,1-2H3,(H,25,27)(H,26,28). The van der Waals surface area contributed by atoms with E-state index in [1.807, 2.05) is 0 Å². The van der Waals surface area contributed by atoms with Crippen LogP contribution >= 0.6 is 0 Å². The molecule has 0 saturated carbocycles. The third-order valence-corrected chi connectivity index (χ3v) is 3.75. The second kappa shape index (κ2) is 20.9. The molecule has 0 radical (unpaired) electrons. The summed E-state index contributed by atoms with van der Waals surface area (Å²) in [6.45, 7) is 4.58. The van der Waals surface area contributed by atoms with Crippen LogP contribution in [0, 0.1) is 0 Å². The highest BCUT2D eigenvalue weighted by Gasteiger charge is 1.99. The molecule has 0 saturated heterocycles. The second-order valence-electron chi connectivity index (χ2n) is 6.43. The summed E-state index contributed by atoms with van der Waals surface area (Å²) < 4.78 is 0. The molecular weight excluding hydrogens is 348 g/mol. The van der Waals surface area contributed by atoms with Crippen LogP contribution in [0.5, 0.6) is 0 Å². The van der Waals surface area contributed by atoms with E-state index >= 15 is 0 Å². The number of carbonyl (C=O) groups excluding carboxylic acids is 2. The van der Waals surface area contributed by atoms with E-state index in [1.54, 1.807) is 0 Å². The largest absolute Gasteiger partial charge is 0.355 e. The lowest BCUT2D eigenvalue weighted by Crippen LogP contribution is -2.33. The van der Waals surface area contributed by atoms with Crippen LogP contribution in [0.15, 0.2) is 60.8 Å². The van der Waals surface area contributed by atoms with Gasteiger partial charge in [-0.1, -0.05) is 67.7 Å². The van der Waals surface area contributed by atoms with Gasteiger partial charge in [0.15, 0.2) is 0 Å². The fraction of sp³-hybridized carbons (Fsp3) is 0.500. The molecule has 0 rings (SSSR count). The zero-order valence-electron chi connectivity index (χ0n) is 17.7. The molecule has 0 aromatic rings. The number of amides is 2. The number of unbranched alkanes of at least 4 members (excludes halogenated alkanes) is 1. The summed E-state index contributed by atoms with van der Waals surface area (Å²) in [5.74, 6) is -0.0367. The Balaban J connectivity index is 3.51. The number of rotatable bonds is 16. The van der Waals surface area contributed by atoms with Crippen LogP contribution in [0.2, 0.25) is 0 Å². The number of hydrogen-bond donors (Lipinski definition) is 2. The second-order valence-corrected chi connectivity index (χ2v) is 6.43. The van der Waals surface area contributed by atoms with E-state index in [1.165, 1.54) is 6.92 Å². The number of nitrogens with one attached hydrogen (secondary N) is 2. The molecule has 0 bridgehead atoms. The summed E-state index contributed by atoms with van der Waals surface area (Å²) in [6, 6.07) is 0. The van der Waals surface area contributed by atoms with Crippen molar-refractivity contribution in [3.63, 3.8) is 0 Å². The van der Waals surface area contributed by atoms with Crippen LogP contribution in [0.1, 0.15) is 65.2 Å². The van der Waals surface area contributed by atoms with E-state index in [-0.39, 0.29) is 11.8 Å². The Hall–Kier alpha value is -2.36. The highest BCUT2D eigenvalue weighted by molar-refractivity contribution is 5.76. The van der Waals surface area contributed by atoms with E-state index in [9.17, 15) is 9.59 Å². The lowest BCUT2D eigenvalue weighted by atomic mass is 10.2. The topological polar surface area (TPSA) is 58.2 Å². The zero-order chi connectivity index (χ0) is 20.7. The first-order chi connectivity index (χ1) is 13.7. The Kier molecular flexibility index (Phi) is 19.2. The maximum absolute atomic E-state index is 11.6. The zero-order valence-corrected chi connectivity index (χ0v) is 17.7. The summed E-state index contributed by atoms with van der Waals surface area (Å²) in [5.41, 5.74) is 0. The highest BCUT2D eigenvalue weighted by atomic mass is 16.2. The molecule has 4 nitrogen and oxygen atoms in total. The molecule has 0 aliphatic rings. The molecule has 156 valence electrons. The van der Waals surface area contributed by atoms with Gasteiger partial charge in [0, 0.05) is 26.4 Å². The van der Waals surface area contributed by atoms with Crippen molar-refractivity contribution in [3.05, 3.63) is 60.8 Å². The minimum Gasteiger partial charge on any atom is -0.355 e. The van der Waals surface area contributed by atoms with Gasteiger partial charge < -0.3 is 10.6 Å². The fourth-order valence-corrected chi connectivity index (χ4v) is 2.28. The smallest absolute Gasteiger partial charge is 0.220 e. The quantitative estimate of drug-likeness (QED) is 0.284. The van der Waals surface area contributed by atoms with E-state index < -0.39 is 0 Å². The van der Waals surface area contributed by atoms with Crippen molar-refractivity contribution in [1.82, 2.24) is 10.6 Å². The van der Waals surface area contributed by atoms with E-state index in [4.69, 9.17) is 0 Å². The Bertz CT molecular complexity index is 543. The normalized spacial score (nSPS) is 12.2. The highest BCUT2D eigenvalue weighted by Crippen LogP contribution is 1.99. The summed E-state index contributed by atoms with van der Waals surface area (Å²) in [6.07, 6.45) is 29.1. The van der Waals surface area contributed by atoms with Gasteiger partial charge in [0.1, 0.15) is 0 Å². The lowest BCUT2D eigenvalue weighted by molar-refractivity contribution is -0.122. The Labute approximate surface area is 171 Å². The van der Waals surface area contributed by atoms with Gasteiger partial charge in [-0.25, -0.2) is 0 Å². The number of allylic oxidation sites excluding steroid dienone is 10. The minimum atomic E-state index is -0.0763. The van der Waals surface area contributed by atoms with Gasteiger partial charge in [-0.05, 0) is 44.9 Å². The summed E-state index contributed by atoms with van der Waals surface area (Å²) in [4.78, 5) is 22.3. The van der Waals surface area contributed by atoms with Crippen LogP contribution in [-0.4, -0.2) is 24.9 Å². The fourth-order valence-electron chi connectivity index (χ4n) is 2.28. The molecule has 0 aliphatic carbocycles. The van der Waals surface area contributed by atoms with Crippen LogP contribution in [-0.2, 0) is 9.59 Å². The van der Waals surface area contributed by atoms with Gasteiger partial charge in [-0.2, -0.15) is 0 Å². The molecule has 0 fully saturated rings. The minimum absolute atomic E-state index is 0.0395. The molecule has 0 atom stereocenters. The maximum Gasteiger partial charge on any atom is 0.220 e. The first-order valence-electron chi connectivity index (χ1n) is 10.4. The van der Waals surface area contributed by atoms with Gasteiger partial charge in [-0.3, -0.25) is 9.59 Å². The van der Waals surface area contributed by atoms with Crippen molar-refractivity contribution in [2.24, 2.45) is 0 Å². The Morgan fingerprint density at radius 3 is 1.64 bits per heavy atom. The van der Waals surface area contributed by atoms with Gasteiger partial charge in [0.05, 0.1) is 0 Å². The van der Waals surface area contributed by atoms with Gasteiger partial charge in [0.25, 0.3) is 0 Å². The summed E-state index contributed by atoms with van der Waals surface area (Å²) >= 11 is 0. The summed E-state index contributed by atoms with van der Waals surface area (Å²) in [7, 11) is 0. The van der Waals surface area contributed by atoms with Gasteiger partial charge in [-0.15, -0.1) is 0 Å². The Morgan fingerprint density at radius 2 is 1.14 bits per heavy atom. The molecule has 28 heavy (non-hydrogen) atoms. The van der Waals surface area contributed by atoms with Crippen molar-refractivity contribution in [2.45, 2.75) is 65.2 Å². The summed E-state index contributed by atoms with van der Waals surface area (Å²) in [5, 5.41) is 5.44. The first-order valence-corrected chi connectivity index (χ1v) is 10.4. The van der Waals surface area contributed by atoms with Crippen molar-refractivity contribution in [1.29, 1.82) is 0 Å². The third kappa shape index (κ3) is 21.7. The number of hydrogen-bond acceptors (Lipinski definition) is 2. The average Bonchev–Trinajstić information content (AvgIpc) is 2.67. The molecule has 0 aliphatic heterocycles. The van der Waals surface area contributed by atoms with Crippen molar-refractivity contribution >= 4 is 11.8 Å². The van der Waals surface area contributed by atoms with E-state index in [2.05, 4.69) is 78.3 Å². The molecule has 2 amide bonds. The van der Waals surface area contributed by atoms with Crippen molar-refractivity contribution in [2.75, 3.05) is 13.1 Å². The van der Waals surface area contributed by atoms with Crippen LogP contribution in [0.4, 0.5) is 0 Å². The molecule has 0 aromatic heterocycles. The van der Waals surface area contributed by atoms with Crippen molar-refractivity contribution < 1.29 is 9.59 Å². The predicted molar refractivity (Wildman–Crippen MR) is 120 cm³/mol. The predicted octanol–water partition coefficient (Wildman–Crippen LogP) is 5.16. The molecule has 4 heteroatoms. The number of carbonyl (C=O) groups is 2. The van der Waals surface area contributed by atoms with Crippen LogP contribution < -0.4 is 10.6 Å². The van der Waals surface area contributed by atoms with Crippen LogP contribution in [0.25, 0.3) is 0 Å². The average molecular weight is 387 g/mol. The lowest BCUT2D eigenvalue weighted by Gasteiger charge is -2.04. The monoisotopic (exact) mass is 386 g/mol. The molecule has 0 aromatic carbocycles. The first kappa shape index (κ1) is 25.6. The van der Waals surface area contributed by atoms with Crippen LogP contribution in [0.3, 0.4) is 0 Å².